The molecule has 96 valence electrons. The number of sulfonamides is 1. The Morgan fingerprint density at radius 1 is 1.65 bits per heavy atom. The van der Waals surface area contributed by atoms with Gasteiger partial charge in [0.25, 0.3) is 0 Å². The van der Waals surface area contributed by atoms with Gasteiger partial charge in [0, 0.05) is 24.5 Å². The molecule has 0 aromatic carbocycles. The average Bonchev–Trinajstić information content (AvgIpc) is 2.96. The summed E-state index contributed by atoms with van der Waals surface area (Å²) in [5.41, 5.74) is 5.56. The van der Waals surface area contributed by atoms with Crippen molar-refractivity contribution in [2.45, 2.75) is 22.5 Å². The second-order valence-electron chi connectivity index (χ2n) is 4.26. The summed E-state index contributed by atoms with van der Waals surface area (Å²) in [5.74, 6) is 0.0361. The largest absolute Gasteiger partial charge is 0.381 e. The summed E-state index contributed by atoms with van der Waals surface area (Å²) < 4.78 is 28.1. The third kappa shape index (κ3) is 2.58. The van der Waals surface area contributed by atoms with E-state index in [9.17, 15) is 8.42 Å². The summed E-state index contributed by atoms with van der Waals surface area (Å²) in [6.07, 6.45) is 5.52. The van der Waals surface area contributed by atoms with Gasteiger partial charge >= 0.3 is 0 Å². The maximum Gasteiger partial charge on any atom is 0.245 e. The molecule has 1 aromatic heterocycles. The van der Waals surface area contributed by atoms with Gasteiger partial charge in [0.1, 0.15) is 4.90 Å². The van der Waals surface area contributed by atoms with Crippen molar-refractivity contribution in [1.29, 1.82) is 0 Å². The minimum absolute atomic E-state index is 0.0361. The Bertz CT molecular complexity index is 519. The predicted octanol–water partition coefficient (Wildman–Crippen LogP) is 0.176. The number of rotatable bonds is 5. The average molecular weight is 276 g/mol. The highest BCUT2D eigenvalue weighted by atomic mass is 32.2. The van der Waals surface area contributed by atoms with Gasteiger partial charge in [-0.25, -0.2) is 13.1 Å². The number of nitrogens with zero attached hydrogens (tertiary/aromatic N) is 2. The van der Waals surface area contributed by atoms with Crippen molar-refractivity contribution in [2.75, 3.05) is 18.5 Å². The van der Waals surface area contributed by atoms with E-state index in [1.807, 2.05) is 6.26 Å². The van der Waals surface area contributed by atoms with E-state index in [4.69, 9.17) is 5.73 Å². The van der Waals surface area contributed by atoms with Gasteiger partial charge in [-0.1, -0.05) is 0 Å². The number of anilines is 1. The molecule has 0 spiro atoms. The molecule has 1 heterocycles. The van der Waals surface area contributed by atoms with Crippen LogP contribution in [-0.4, -0.2) is 35.7 Å². The van der Waals surface area contributed by atoms with Crippen molar-refractivity contribution in [3.05, 3.63) is 6.20 Å². The fraction of sp³-hybridized carbons (Fsp3) is 0.667. The number of aromatic nitrogens is 2. The van der Waals surface area contributed by atoms with Crippen molar-refractivity contribution in [3.8, 4) is 0 Å². The topological polar surface area (TPSA) is 90.0 Å². The van der Waals surface area contributed by atoms with Crippen LogP contribution in [0.25, 0.3) is 0 Å². The van der Waals surface area contributed by atoms with Crippen LogP contribution < -0.4 is 10.5 Å². The molecule has 2 rings (SSSR count). The highest BCUT2D eigenvalue weighted by Crippen LogP contribution is 2.46. The van der Waals surface area contributed by atoms with Gasteiger partial charge in [0.05, 0.1) is 0 Å². The standard InChI is InChI=1S/C9H16N4O2S2/c1-13-5-7(8(10)12-13)17(14,15)11-6-9(16-2)3-4-9/h5,11H,3-4,6H2,1-2H3,(H2,10,12). The van der Waals surface area contributed by atoms with Crippen LogP contribution in [0.15, 0.2) is 11.1 Å². The Balaban J connectivity index is 2.12. The molecular weight excluding hydrogens is 260 g/mol. The Hall–Kier alpha value is -0.730. The Kier molecular flexibility index (Phi) is 3.13. The minimum atomic E-state index is -3.55. The summed E-state index contributed by atoms with van der Waals surface area (Å²) >= 11 is 1.70. The zero-order valence-corrected chi connectivity index (χ0v) is 11.4. The molecule has 6 nitrogen and oxygen atoms in total. The summed E-state index contributed by atoms with van der Waals surface area (Å²) in [7, 11) is -1.91. The van der Waals surface area contributed by atoms with E-state index >= 15 is 0 Å². The summed E-state index contributed by atoms with van der Waals surface area (Å²) in [6, 6.07) is 0. The number of hydrogen-bond acceptors (Lipinski definition) is 5. The van der Waals surface area contributed by atoms with Crippen LogP contribution in [0.1, 0.15) is 12.8 Å². The molecule has 0 radical (unpaired) electrons. The molecule has 8 heteroatoms. The molecule has 0 atom stereocenters. The number of hydrogen-bond donors (Lipinski definition) is 2. The van der Waals surface area contributed by atoms with Crippen LogP contribution in [0.4, 0.5) is 5.82 Å². The Labute approximate surface area is 105 Å². The second kappa shape index (κ2) is 4.18. The van der Waals surface area contributed by atoms with Gasteiger partial charge in [0.15, 0.2) is 5.82 Å². The molecule has 0 bridgehead atoms. The maximum atomic E-state index is 12.0. The fourth-order valence-electron chi connectivity index (χ4n) is 1.59. The normalized spacial score (nSPS) is 18.2. The molecule has 0 saturated heterocycles. The first-order valence-corrected chi connectivity index (χ1v) is 7.93. The van der Waals surface area contributed by atoms with E-state index in [2.05, 4.69) is 9.82 Å². The van der Waals surface area contributed by atoms with E-state index in [-0.39, 0.29) is 15.5 Å². The SMILES string of the molecule is CSC1(CNS(=O)(=O)c2cn(C)nc2N)CC1. The Morgan fingerprint density at radius 3 is 2.71 bits per heavy atom. The van der Waals surface area contributed by atoms with Crippen LogP contribution in [-0.2, 0) is 17.1 Å². The highest BCUT2D eigenvalue weighted by Gasteiger charge is 2.42. The van der Waals surface area contributed by atoms with Gasteiger partial charge in [0.2, 0.25) is 10.0 Å². The quantitative estimate of drug-likeness (QED) is 0.800. The molecule has 3 N–H and O–H groups in total. The van der Waals surface area contributed by atoms with E-state index in [0.717, 1.165) is 12.8 Å². The van der Waals surface area contributed by atoms with Crippen molar-refractivity contribution >= 4 is 27.6 Å². The number of thioether (sulfide) groups is 1. The fourth-order valence-corrected chi connectivity index (χ4v) is 3.64. The molecule has 0 aliphatic heterocycles. The molecule has 1 saturated carbocycles. The predicted molar refractivity (Wildman–Crippen MR) is 68.3 cm³/mol. The molecule has 1 aliphatic rings. The highest BCUT2D eigenvalue weighted by molar-refractivity contribution is 8.00. The summed E-state index contributed by atoms with van der Waals surface area (Å²) in [4.78, 5) is 0.0527. The molecular formula is C9H16N4O2S2. The third-order valence-electron chi connectivity index (χ3n) is 2.94. The van der Waals surface area contributed by atoms with Crippen LogP contribution in [0.5, 0.6) is 0 Å². The van der Waals surface area contributed by atoms with Gasteiger partial charge in [-0.2, -0.15) is 16.9 Å². The number of aryl methyl sites for hydroxylation is 1. The monoisotopic (exact) mass is 276 g/mol. The van der Waals surface area contributed by atoms with Gasteiger partial charge in [-0.3, -0.25) is 4.68 Å². The molecule has 0 unspecified atom stereocenters. The van der Waals surface area contributed by atoms with Gasteiger partial charge < -0.3 is 5.73 Å². The second-order valence-corrected chi connectivity index (χ2v) is 7.27. The lowest BCUT2D eigenvalue weighted by Gasteiger charge is -2.12. The van der Waals surface area contributed by atoms with Crippen LogP contribution in [0.3, 0.4) is 0 Å². The first-order valence-electron chi connectivity index (χ1n) is 5.22. The first-order chi connectivity index (χ1) is 7.88. The lowest BCUT2D eigenvalue weighted by Crippen LogP contribution is -2.32. The van der Waals surface area contributed by atoms with Crippen LogP contribution >= 0.6 is 11.8 Å². The van der Waals surface area contributed by atoms with Gasteiger partial charge in [-0.05, 0) is 19.1 Å². The zero-order valence-electron chi connectivity index (χ0n) is 9.80. The van der Waals surface area contributed by atoms with Crippen molar-refractivity contribution in [3.63, 3.8) is 0 Å². The lowest BCUT2D eigenvalue weighted by molar-refractivity contribution is 0.580. The molecule has 1 fully saturated rings. The number of nitrogens with two attached hydrogens (primary N) is 1. The maximum absolute atomic E-state index is 12.0. The number of nitrogens with one attached hydrogen (secondary N) is 1. The lowest BCUT2D eigenvalue weighted by atomic mass is 10.4. The van der Waals surface area contributed by atoms with E-state index in [1.165, 1.54) is 10.9 Å². The molecule has 1 aromatic rings. The van der Waals surface area contributed by atoms with Crippen molar-refractivity contribution in [2.24, 2.45) is 7.05 Å². The van der Waals surface area contributed by atoms with E-state index in [0.29, 0.717) is 6.54 Å². The zero-order chi connectivity index (χ0) is 12.7. The summed E-state index contributed by atoms with van der Waals surface area (Å²) in [6.45, 7) is 0.449. The van der Waals surface area contributed by atoms with Gasteiger partial charge in [-0.15, -0.1) is 0 Å². The van der Waals surface area contributed by atoms with E-state index in [1.54, 1.807) is 18.8 Å². The Morgan fingerprint density at radius 2 is 2.29 bits per heavy atom. The minimum Gasteiger partial charge on any atom is -0.381 e. The number of nitrogen functional groups attached to an aromatic ring is 1. The smallest absolute Gasteiger partial charge is 0.245 e. The van der Waals surface area contributed by atoms with E-state index < -0.39 is 10.0 Å². The molecule has 1 aliphatic carbocycles. The summed E-state index contributed by atoms with van der Waals surface area (Å²) in [5, 5.41) is 3.83. The molecule has 0 amide bonds. The first kappa shape index (κ1) is 12.7. The molecule has 17 heavy (non-hydrogen) atoms. The third-order valence-corrected chi connectivity index (χ3v) is 5.77. The van der Waals surface area contributed by atoms with Crippen molar-refractivity contribution in [1.82, 2.24) is 14.5 Å². The van der Waals surface area contributed by atoms with Crippen LogP contribution in [0.2, 0.25) is 0 Å². The van der Waals surface area contributed by atoms with Crippen molar-refractivity contribution < 1.29 is 8.42 Å². The van der Waals surface area contributed by atoms with Crippen LogP contribution in [0, 0.1) is 0 Å².